The molecule has 0 aliphatic carbocycles. The molecule has 0 radical (unpaired) electrons. The molecule has 21 heavy (non-hydrogen) atoms. The molecule has 0 bridgehead atoms. The number of carbonyl (C=O) groups is 1. The van der Waals surface area contributed by atoms with Gasteiger partial charge in [0, 0.05) is 12.6 Å². The molecule has 0 amide bonds. The molecule has 0 aliphatic rings. The number of nitrogens with zero attached hydrogens (tertiary/aromatic N) is 2. The number of Topliss-reactive ketones (excluding diaryl/α,β-unsaturated/α-hetero) is 1. The molecule has 3 rings (SSSR count). The van der Waals surface area contributed by atoms with Crippen LogP contribution in [-0.2, 0) is 13.5 Å². The van der Waals surface area contributed by atoms with Crippen molar-refractivity contribution in [1.29, 1.82) is 0 Å². The maximum Gasteiger partial charge on any atom is 0.170 e. The van der Waals surface area contributed by atoms with Crippen LogP contribution in [0.25, 0.3) is 11.0 Å². The van der Waals surface area contributed by atoms with E-state index in [0.717, 1.165) is 11.0 Å². The normalized spacial score (nSPS) is 11.0. The van der Waals surface area contributed by atoms with Gasteiger partial charge in [0.15, 0.2) is 5.78 Å². The summed E-state index contributed by atoms with van der Waals surface area (Å²) in [7, 11) is 1.90. The summed E-state index contributed by atoms with van der Waals surface area (Å²) in [6, 6.07) is 12.0. The van der Waals surface area contributed by atoms with E-state index in [1.54, 1.807) is 6.92 Å². The minimum Gasteiger partial charge on any atom is -0.331 e. The third-order valence-corrected chi connectivity index (χ3v) is 3.69. The SMILES string of the molecule is Cc1cc(F)ccc1C(=O)Cc1nc2ccccc2n1C. The van der Waals surface area contributed by atoms with Crippen molar-refractivity contribution >= 4 is 16.8 Å². The number of para-hydroxylation sites is 2. The molecule has 0 fully saturated rings. The molecule has 3 aromatic rings. The predicted molar refractivity (Wildman–Crippen MR) is 79.9 cm³/mol. The topological polar surface area (TPSA) is 34.9 Å². The Morgan fingerprint density at radius 3 is 2.71 bits per heavy atom. The lowest BCUT2D eigenvalue weighted by Gasteiger charge is -2.05. The van der Waals surface area contributed by atoms with Crippen LogP contribution in [0.1, 0.15) is 21.7 Å². The number of benzene rings is 2. The standard InChI is InChI=1S/C17H15FN2O/c1-11-9-12(18)7-8-13(11)16(21)10-17-19-14-5-3-4-6-15(14)20(17)2/h3-9H,10H2,1-2H3. The molecule has 0 saturated carbocycles. The molecule has 0 aliphatic heterocycles. The average molecular weight is 282 g/mol. The lowest BCUT2D eigenvalue weighted by molar-refractivity contribution is 0.0989. The number of fused-ring (bicyclic) bond motifs is 1. The lowest BCUT2D eigenvalue weighted by atomic mass is 10.0. The van der Waals surface area contributed by atoms with Gasteiger partial charge < -0.3 is 4.57 Å². The fraction of sp³-hybridized carbons (Fsp3) is 0.176. The largest absolute Gasteiger partial charge is 0.331 e. The summed E-state index contributed by atoms with van der Waals surface area (Å²) in [5.74, 6) is 0.336. The highest BCUT2D eigenvalue weighted by Crippen LogP contribution is 2.17. The molecule has 0 N–H and O–H groups in total. The highest BCUT2D eigenvalue weighted by atomic mass is 19.1. The van der Waals surface area contributed by atoms with Crippen molar-refractivity contribution in [3.05, 3.63) is 65.2 Å². The summed E-state index contributed by atoms with van der Waals surface area (Å²) in [5, 5.41) is 0. The van der Waals surface area contributed by atoms with Gasteiger partial charge in [-0.2, -0.15) is 0 Å². The van der Waals surface area contributed by atoms with Crippen LogP contribution in [0.5, 0.6) is 0 Å². The van der Waals surface area contributed by atoms with Crippen LogP contribution in [0.15, 0.2) is 42.5 Å². The zero-order chi connectivity index (χ0) is 15.0. The van der Waals surface area contributed by atoms with Crippen molar-refractivity contribution in [2.75, 3.05) is 0 Å². The highest BCUT2D eigenvalue weighted by Gasteiger charge is 2.15. The molecule has 2 aromatic carbocycles. The molecular weight excluding hydrogens is 267 g/mol. The Balaban J connectivity index is 1.94. The summed E-state index contributed by atoms with van der Waals surface area (Å²) < 4.78 is 15.0. The van der Waals surface area contributed by atoms with Gasteiger partial charge in [0.05, 0.1) is 17.5 Å². The van der Waals surface area contributed by atoms with Gasteiger partial charge in [-0.25, -0.2) is 9.37 Å². The average Bonchev–Trinajstić information content (AvgIpc) is 2.76. The van der Waals surface area contributed by atoms with Crippen LogP contribution >= 0.6 is 0 Å². The van der Waals surface area contributed by atoms with Crippen LogP contribution in [0.3, 0.4) is 0 Å². The number of aryl methyl sites for hydroxylation is 2. The van der Waals surface area contributed by atoms with E-state index in [9.17, 15) is 9.18 Å². The summed E-state index contributed by atoms with van der Waals surface area (Å²) in [6.07, 6.45) is 0.206. The molecule has 1 aromatic heterocycles. The summed E-state index contributed by atoms with van der Waals surface area (Å²) in [5.41, 5.74) is 3.07. The van der Waals surface area contributed by atoms with Crippen LogP contribution in [0, 0.1) is 12.7 Å². The molecule has 4 heteroatoms. The number of carbonyl (C=O) groups excluding carboxylic acids is 1. The first-order chi connectivity index (χ1) is 10.1. The maximum absolute atomic E-state index is 13.1. The van der Waals surface area contributed by atoms with E-state index in [-0.39, 0.29) is 18.0 Å². The Bertz CT molecular complexity index is 836. The second-order valence-electron chi connectivity index (χ2n) is 5.13. The van der Waals surface area contributed by atoms with Crippen molar-refractivity contribution in [1.82, 2.24) is 9.55 Å². The zero-order valence-corrected chi connectivity index (χ0v) is 11.9. The van der Waals surface area contributed by atoms with Gasteiger partial charge in [-0.15, -0.1) is 0 Å². The van der Waals surface area contributed by atoms with Gasteiger partial charge in [0.1, 0.15) is 11.6 Å². The molecule has 0 atom stereocenters. The van der Waals surface area contributed by atoms with Gasteiger partial charge in [0.2, 0.25) is 0 Å². The monoisotopic (exact) mass is 282 g/mol. The quantitative estimate of drug-likeness (QED) is 0.690. The van der Waals surface area contributed by atoms with Gasteiger partial charge >= 0.3 is 0 Å². The summed E-state index contributed by atoms with van der Waals surface area (Å²) in [4.78, 5) is 16.9. The van der Waals surface area contributed by atoms with Gasteiger partial charge in [-0.05, 0) is 42.8 Å². The Morgan fingerprint density at radius 2 is 2.00 bits per heavy atom. The molecule has 1 heterocycles. The number of aromatic nitrogens is 2. The molecule has 0 spiro atoms. The van der Waals surface area contributed by atoms with Crippen LogP contribution in [0.4, 0.5) is 4.39 Å². The molecular formula is C17H15FN2O. The molecule has 3 nitrogen and oxygen atoms in total. The van der Waals surface area contributed by atoms with Crippen LogP contribution < -0.4 is 0 Å². The molecule has 0 saturated heterocycles. The fourth-order valence-electron chi connectivity index (χ4n) is 2.53. The van der Waals surface area contributed by atoms with E-state index < -0.39 is 0 Å². The van der Waals surface area contributed by atoms with Gasteiger partial charge in [0.25, 0.3) is 0 Å². The predicted octanol–water partition coefficient (Wildman–Crippen LogP) is 3.45. The van der Waals surface area contributed by atoms with Gasteiger partial charge in [-0.1, -0.05) is 12.1 Å². The van der Waals surface area contributed by atoms with Crippen molar-refractivity contribution in [3.63, 3.8) is 0 Å². The number of hydrogen-bond acceptors (Lipinski definition) is 2. The number of hydrogen-bond donors (Lipinski definition) is 0. The molecule has 0 unspecified atom stereocenters. The van der Waals surface area contributed by atoms with Crippen molar-refractivity contribution in [2.24, 2.45) is 7.05 Å². The number of rotatable bonds is 3. The minimum atomic E-state index is -0.327. The fourth-order valence-corrected chi connectivity index (χ4v) is 2.53. The van der Waals surface area contributed by atoms with Crippen molar-refractivity contribution in [2.45, 2.75) is 13.3 Å². The second-order valence-corrected chi connectivity index (χ2v) is 5.13. The van der Waals surface area contributed by atoms with E-state index in [4.69, 9.17) is 0 Å². The molecule has 106 valence electrons. The number of imidazole rings is 1. The van der Waals surface area contributed by atoms with Crippen LogP contribution in [-0.4, -0.2) is 15.3 Å². The van der Waals surface area contributed by atoms with Crippen LogP contribution in [0.2, 0.25) is 0 Å². The van der Waals surface area contributed by atoms with Gasteiger partial charge in [-0.3, -0.25) is 4.79 Å². The third kappa shape index (κ3) is 2.44. The maximum atomic E-state index is 13.1. The summed E-state index contributed by atoms with van der Waals surface area (Å²) >= 11 is 0. The van der Waals surface area contributed by atoms with E-state index in [2.05, 4.69) is 4.98 Å². The number of ketones is 1. The second kappa shape index (κ2) is 5.13. The van der Waals surface area contributed by atoms with E-state index in [0.29, 0.717) is 17.0 Å². The third-order valence-electron chi connectivity index (χ3n) is 3.69. The first-order valence-electron chi connectivity index (χ1n) is 6.76. The Hall–Kier alpha value is -2.49. The van der Waals surface area contributed by atoms with Crippen molar-refractivity contribution in [3.8, 4) is 0 Å². The first-order valence-corrected chi connectivity index (χ1v) is 6.76. The van der Waals surface area contributed by atoms with E-state index in [1.165, 1.54) is 18.2 Å². The smallest absolute Gasteiger partial charge is 0.170 e. The highest BCUT2D eigenvalue weighted by molar-refractivity contribution is 5.98. The van der Waals surface area contributed by atoms with E-state index >= 15 is 0 Å². The minimum absolute atomic E-state index is 0.0501. The lowest BCUT2D eigenvalue weighted by Crippen LogP contribution is -2.10. The Kier molecular flexibility index (Phi) is 3.29. The van der Waals surface area contributed by atoms with E-state index in [1.807, 2.05) is 35.9 Å². The zero-order valence-electron chi connectivity index (χ0n) is 11.9. The summed E-state index contributed by atoms with van der Waals surface area (Å²) in [6.45, 7) is 1.74. The number of halogens is 1. The Morgan fingerprint density at radius 1 is 1.24 bits per heavy atom. The van der Waals surface area contributed by atoms with Crippen molar-refractivity contribution < 1.29 is 9.18 Å². The first kappa shape index (κ1) is 13.5. The Labute approximate surface area is 122 Å².